The van der Waals surface area contributed by atoms with Crippen LogP contribution in [0, 0.1) is 10.1 Å². The van der Waals surface area contributed by atoms with E-state index in [0.717, 1.165) is 5.56 Å². The first-order valence-electron chi connectivity index (χ1n) is 12.3. The summed E-state index contributed by atoms with van der Waals surface area (Å²) in [5.41, 5.74) is -0.926. The second-order valence-electron chi connectivity index (χ2n) is 8.97. The highest BCUT2D eigenvalue weighted by Gasteiger charge is 2.59. The summed E-state index contributed by atoms with van der Waals surface area (Å²) in [4.78, 5) is 37.2. The van der Waals surface area contributed by atoms with Gasteiger partial charge in [0.1, 0.15) is 13.2 Å². The van der Waals surface area contributed by atoms with E-state index in [2.05, 4.69) is 0 Å². The van der Waals surface area contributed by atoms with Gasteiger partial charge in [-0.05, 0) is 29.0 Å². The lowest BCUT2D eigenvalue weighted by Gasteiger charge is -2.33. The highest BCUT2D eigenvalue weighted by Crippen LogP contribution is 2.34. The van der Waals surface area contributed by atoms with Gasteiger partial charge in [0, 0.05) is 11.3 Å². The molecule has 2 N–H and O–H groups in total. The van der Waals surface area contributed by atoms with E-state index in [4.69, 9.17) is 9.47 Å². The molecule has 38 heavy (non-hydrogen) atoms. The van der Waals surface area contributed by atoms with Crippen LogP contribution in [0.15, 0.2) is 91.0 Å². The summed E-state index contributed by atoms with van der Waals surface area (Å²) in [5, 5.41) is 34.7. The lowest BCUT2D eigenvalue weighted by atomic mass is 9.78. The Bertz CT molecular complexity index is 1190. The molecule has 3 aromatic rings. The van der Waals surface area contributed by atoms with Crippen molar-refractivity contribution in [2.75, 3.05) is 0 Å². The van der Waals surface area contributed by atoms with Gasteiger partial charge >= 0.3 is 11.9 Å². The number of benzene rings is 3. The number of nitrogens with zero attached hydrogens (tertiary/aromatic N) is 1. The SMILES string of the molecule is CC[C@H](C[C@@](O)(C(=O)OCc1ccccc1)[C@@H]([C@@H](O)C(=O)OCc1ccccc1)[N+](=O)[O-])c1ccccc1. The van der Waals surface area contributed by atoms with Gasteiger partial charge in [0.25, 0.3) is 6.04 Å². The van der Waals surface area contributed by atoms with Crippen LogP contribution in [0.2, 0.25) is 0 Å². The maximum absolute atomic E-state index is 13.3. The van der Waals surface area contributed by atoms with Crippen molar-refractivity contribution in [2.45, 2.75) is 56.6 Å². The zero-order valence-electron chi connectivity index (χ0n) is 21.0. The van der Waals surface area contributed by atoms with Gasteiger partial charge in [0.05, 0.1) is 0 Å². The van der Waals surface area contributed by atoms with Crippen LogP contribution in [0.4, 0.5) is 0 Å². The average Bonchev–Trinajstić information content (AvgIpc) is 2.94. The molecular weight excluding hydrogens is 490 g/mol. The smallest absolute Gasteiger partial charge is 0.345 e. The fourth-order valence-corrected chi connectivity index (χ4v) is 4.27. The quantitative estimate of drug-likeness (QED) is 0.197. The molecule has 0 saturated heterocycles. The van der Waals surface area contributed by atoms with Crippen LogP contribution in [0.25, 0.3) is 0 Å². The highest BCUT2D eigenvalue weighted by atomic mass is 16.6. The fraction of sp³-hybridized carbons (Fsp3) is 0.310. The topological polar surface area (TPSA) is 136 Å². The number of carbonyl (C=O) groups excluding carboxylic acids is 2. The molecule has 3 rings (SSSR count). The molecule has 9 nitrogen and oxygen atoms in total. The number of ether oxygens (including phenoxy) is 2. The van der Waals surface area contributed by atoms with Crippen molar-refractivity contribution in [1.82, 2.24) is 0 Å². The second-order valence-corrected chi connectivity index (χ2v) is 8.97. The third kappa shape index (κ3) is 7.24. The molecule has 0 fully saturated rings. The summed E-state index contributed by atoms with van der Waals surface area (Å²) >= 11 is 0. The third-order valence-electron chi connectivity index (χ3n) is 6.37. The molecule has 0 amide bonds. The number of carbonyl (C=O) groups is 2. The summed E-state index contributed by atoms with van der Waals surface area (Å²) in [6.45, 7) is 1.29. The van der Waals surface area contributed by atoms with Crippen molar-refractivity contribution in [2.24, 2.45) is 0 Å². The van der Waals surface area contributed by atoms with E-state index >= 15 is 0 Å². The summed E-state index contributed by atoms with van der Waals surface area (Å²) in [5.74, 6) is -3.16. The number of nitro groups is 1. The average molecular weight is 522 g/mol. The number of aliphatic hydroxyl groups excluding tert-OH is 1. The molecule has 0 aliphatic heterocycles. The van der Waals surface area contributed by atoms with E-state index in [1.54, 1.807) is 97.9 Å². The fourth-order valence-electron chi connectivity index (χ4n) is 4.27. The van der Waals surface area contributed by atoms with E-state index in [1.807, 2.05) is 0 Å². The van der Waals surface area contributed by atoms with Crippen LogP contribution in [-0.2, 0) is 32.3 Å². The predicted molar refractivity (Wildman–Crippen MR) is 138 cm³/mol. The van der Waals surface area contributed by atoms with Crippen molar-refractivity contribution < 1.29 is 34.2 Å². The third-order valence-corrected chi connectivity index (χ3v) is 6.37. The van der Waals surface area contributed by atoms with Gasteiger partial charge in [-0.15, -0.1) is 0 Å². The molecule has 9 heteroatoms. The van der Waals surface area contributed by atoms with Crippen molar-refractivity contribution in [1.29, 1.82) is 0 Å². The lowest BCUT2D eigenvalue weighted by Crippen LogP contribution is -2.61. The minimum Gasteiger partial charge on any atom is -0.459 e. The molecule has 0 unspecified atom stereocenters. The van der Waals surface area contributed by atoms with Gasteiger partial charge < -0.3 is 19.7 Å². The molecule has 0 heterocycles. The van der Waals surface area contributed by atoms with Crippen molar-refractivity contribution in [3.63, 3.8) is 0 Å². The van der Waals surface area contributed by atoms with Gasteiger partial charge in [-0.1, -0.05) is 97.9 Å². The maximum atomic E-state index is 13.3. The minimum absolute atomic E-state index is 0.250. The number of hydrogen-bond donors (Lipinski definition) is 2. The molecule has 0 aliphatic rings. The lowest BCUT2D eigenvalue weighted by molar-refractivity contribution is -0.551. The summed E-state index contributed by atoms with van der Waals surface area (Å²) in [6, 6.07) is 23.6. The first-order chi connectivity index (χ1) is 18.3. The molecular formula is C29H31NO8. The molecule has 0 spiro atoms. The van der Waals surface area contributed by atoms with Crippen LogP contribution in [0.5, 0.6) is 0 Å². The molecule has 200 valence electrons. The zero-order valence-corrected chi connectivity index (χ0v) is 21.0. The molecule has 3 aromatic carbocycles. The number of aliphatic hydroxyl groups is 2. The Labute approximate surface area is 220 Å². The maximum Gasteiger partial charge on any atom is 0.345 e. The largest absolute Gasteiger partial charge is 0.459 e. The first-order valence-corrected chi connectivity index (χ1v) is 12.3. The van der Waals surface area contributed by atoms with Gasteiger partial charge in [0.15, 0.2) is 0 Å². The highest BCUT2D eigenvalue weighted by molar-refractivity contribution is 5.83. The van der Waals surface area contributed by atoms with Gasteiger partial charge in [0.2, 0.25) is 11.7 Å². The standard InChI is InChI=1S/C29H31NO8/c1-2-23(24-16-10-5-11-17-24)18-29(34,28(33)38-20-22-14-8-4-9-15-22)26(30(35)36)25(31)27(32)37-19-21-12-6-3-7-13-21/h3-17,23,25-26,31,34H,2,18-20H2,1H3/t23-,25-,26-,29+/m1/s1. The van der Waals surface area contributed by atoms with Gasteiger partial charge in [-0.25, -0.2) is 9.59 Å². The normalized spacial score (nSPS) is 14.9. The van der Waals surface area contributed by atoms with Crippen LogP contribution < -0.4 is 0 Å². The summed E-state index contributed by atoms with van der Waals surface area (Å²) in [6.07, 6.45) is -2.48. The number of esters is 2. The van der Waals surface area contributed by atoms with E-state index < -0.39 is 46.9 Å². The molecule has 0 aromatic heterocycles. The first kappa shape index (κ1) is 28.5. The van der Waals surface area contributed by atoms with E-state index in [-0.39, 0.29) is 13.2 Å². The zero-order chi connectivity index (χ0) is 27.5. The Morgan fingerprint density at radius 3 is 1.82 bits per heavy atom. The van der Waals surface area contributed by atoms with Crippen molar-refractivity contribution >= 4 is 11.9 Å². The second kappa shape index (κ2) is 13.5. The Morgan fingerprint density at radius 1 is 0.868 bits per heavy atom. The Morgan fingerprint density at radius 2 is 1.34 bits per heavy atom. The number of rotatable bonds is 13. The summed E-state index contributed by atoms with van der Waals surface area (Å²) < 4.78 is 10.4. The minimum atomic E-state index is -2.85. The molecule has 0 aliphatic carbocycles. The van der Waals surface area contributed by atoms with Gasteiger partial charge in [-0.2, -0.15) is 0 Å². The molecule has 4 atom stereocenters. The van der Waals surface area contributed by atoms with E-state index in [0.29, 0.717) is 17.5 Å². The van der Waals surface area contributed by atoms with Crippen LogP contribution in [-0.4, -0.2) is 44.8 Å². The van der Waals surface area contributed by atoms with Crippen molar-refractivity contribution in [3.8, 4) is 0 Å². The Kier molecular flexibility index (Phi) is 10.1. The van der Waals surface area contributed by atoms with Crippen LogP contribution >= 0.6 is 0 Å². The number of hydrogen-bond acceptors (Lipinski definition) is 8. The van der Waals surface area contributed by atoms with Crippen molar-refractivity contribution in [3.05, 3.63) is 118 Å². The Hall–Kier alpha value is -4.08. The van der Waals surface area contributed by atoms with Crippen LogP contribution in [0.1, 0.15) is 42.4 Å². The molecule has 0 bridgehead atoms. The molecule has 0 radical (unpaired) electrons. The molecule has 0 saturated carbocycles. The Balaban J connectivity index is 1.90. The van der Waals surface area contributed by atoms with Crippen LogP contribution in [0.3, 0.4) is 0 Å². The van der Waals surface area contributed by atoms with Gasteiger partial charge in [-0.3, -0.25) is 10.1 Å². The summed E-state index contributed by atoms with van der Waals surface area (Å²) in [7, 11) is 0. The predicted octanol–water partition coefficient (Wildman–Crippen LogP) is 3.79. The van der Waals surface area contributed by atoms with E-state index in [9.17, 15) is 29.9 Å². The monoisotopic (exact) mass is 521 g/mol. The van der Waals surface area contributed by atoms with E-state index in [1.165, 1.54) is 0 Å².